The number of hydrogen-bond acceptors (Lipinski definition) is 3. The van der Waals surface area contributed by atoms with Crippen LogP contribution in [0, 0.1) is 0 Å². The molecule has 11 heavy (non-hydrogen) atoms. The molecule has 2 N–H and O–H groups in total. The SMILES string of the molecule is Nc1cncn1C1CCSC1. The maximum atomic E-state index is 5.71. The fourth-order valence-corrected chi connectivity index (χ4v) is 2.57. The number of hydrogen-bond donors (Lipinski definition) is 1. The van der Waals surface area contributed by atoms with Gasteiger partial charge in [-0.3, -0.25) is 0 Å². The molecule has 0 aliphatic carbocycles. The Hall–Kier alpha value is -0.640. The standard InChI is InChI=1S/C7H11N3S/c8-7-3-9-5-10(7)6-1-2-11-4-6/h3,5-6H,1-2,4,8H2. The Morgan fingerprint density at radius 1 is 1.73 bits per heavy atom. The molecule has 1 unspecified atom stereocenters. The highest BCUT2D eigenvalue weighted by Gasteiger charge is 2.17. The molecule has 0 saturated carbocycles. The van der Waals surface area contributed by atoms with Crippen LogP contribution in [0.15, 0.2) is 12.5 Å². The van der Waals surface area contributed by atoms with E-state index in [1.807, 2.05) is 18.1 Å². The number of thioether (sulfide) groups is 1. The summed E-state index contributed by atoms with van der Waals surface area (Å²) < 4.78 is 2.07. The van der Waals surface area contributed by atoms with Crippen LogP contribution in [0.2, 0.25) is 0 Å². The summed E-state index contributed by atoms with van der Waals surface area (Å²) in [6, 6.07) is 0.586. The molecule has 3 nitrogen and oxygen atoms in total. The van der Waals surface area contributed by atoms with Crippen LogP contribution in [-0.4, -0.2) is 21.1 Å². The van der Waals surface area contributed by atoms with E-state index in [0.717, 1.165) is 5.82 Å². The summed E-state index contributed by atoms with van der Waals surface area (Å²) in [5, 5.41) is 0. The average molecular weight is 169 g/mol. The monoisotopic (exact) mass is 169 g/mol. The molecule has 0 bridgehead atoms. The van der Waals surface area contributed by atoms with Gasteiger partial charge in [0.1, 0.15) is 5.82 Å². The van der Waals surface area contributed by atoms with Crippen LogP contribution in [0.25, 0.3) is 0 Å². The second-order valence-electron chi connectivity index (χ2n) is 2.74. The molecular formula is C7H11N3S. The number of nitrogen functional groups attached to an aromatic ring is 1. The minimum absolute atomic E-state index is 0.586. The van der Waals surface area contributed by atoms with Gasteiger partial charge in [0.2, 0.25) is 0 Å². The first-order chi connectivity index (χ1) is 5.38. The number of aromatic nitrogens is 2. The van der Waals surface area contributed by atoms with Gasteiger partial charge in [-0.25, -0.2) is 4.98 Å². The molecule has 1 fully saturated rings. The van der Waals surface area contributed by atoms with E-state index < -0.39 is 0 Å². The minimum atomic E-state index is 0.586. The van der Waals surface area contributed by atoms with E-state index in [4.69, 9.17) is 5.73 Å². The highest BCUT2D eigenvalue weighted by molar-refractivity contribution is 7.99. The summed E-state index contributed by atoms with van der Waals surface area (Å²) in [5.74, 6) is 3.22. The van der Waals surface area contributed by atoms with Crippen LogP contribution in [-0.2, 0) is 0 Å². The molecule has 0 spiro atoms. The molecule has 1 aliphatic heterocycles. The lowest BCUT2D eigenvalue weighted by atomic mass is 10.2. The Morgan fingerprint density at radius 3 is 3.18 bits per heavy atom. The number of anilines is 1. The molecule has 1 atom stereocenters. The van der Waals surface area contributed by atoms with Gasteiger partial charge in [0, 0.05) is 11.8 Å². The number of nitrogens with zero attached hydrogens (tertiary/aromatic N) is 2. The molecule has 1 aromatic heterocycles. The maximum absolute atomic E-state index is 5.71. The summed E-state index contributed by atoms with van der Waals surface area (Å²) in [4.78, 5) is 4.00. The van der Waals surface area contributed by atoms with Gasteiger partial charge in [-0.1, -0.05) is 0 Å². The van der Waals surface area contributed by atoms with Crippen molar-refractivity contribution >= 4 is 17.6 Å². The fourth-order valence-electron chi connectivity index (χ4n) is 1.36. The van der Waals surface area contributed by atoms with Crippen LogP contribution in [0.1, 0.15) is 12.5 Å². The predicted octanol–water partition coefficient (Wildman–Crippen LogP) is 1.14. The van der Waals surface area contributed by atoms with Gasteiger partial charge in [-0.05, 0) is 12.2 Å². The third-order valence-corrected chi connectivity index (χ3v) is 3.14. The van der Waals surface area contributed by atoms with E-state index in [9.17, 15) is 0 Å². The van der Waals surface area contributed by atoms with Crippen molar-refractivity contribution in [1.29, 1.82) is 0 Å². The third-order valence-electron chi connectivity index (χ3n) is 2.00. The van der Waals surface area contributed by atoms with Gasteiger partial charge in [-0.2, -0.15) is 11.8 Å². The highest BCUT2D eigenvalue weighted by Crippen LogP contribution is 2.29. The molecule has 1 aliphatic rings. The van der Waals surface area contributed by atoms with Crippen LogP contribution in [0.4, 0.5) is 5.82 Å². The molecule has 4 heteroatoms. The molecule has 1 aromatic rings. The normalized spacial score (nSPS) is 24.2. The van der Waals surface area contributed by atoms with Gasteiger partial charge in [0.25, 0.3) is 0 Å². The van der Waals surface area contributed by atoms with Crippen LogP contribution < -0.4 is 5.73 Å². The maximum Gasteiger partial charge on any atom is 0.123 e. The topological polar surface area (TPSA) is 43.8 Å². The lowest BCUT2D eigenvalue weighted by molar-refractivity contribution is 0.566. The largest absolute Gasteiger partial charge is 0.384 e. The lowest BCUT2D eigenvalue weighted by Gasteiger charge is -2.10. The number of imidazole rings is 1. The zero-order chi connectivity index (χ0) is 7.68. The Balaban J connectivity index is 2.21. The van der Waals surface area contributed by atoms with Crippen molar-refractivity contribution in [2.45, 2.75) is 12.5 Å². The van der Waals surface area contributed by atoms with Crippen LogP contribution >= 0.6 is 11.8 Å². The van der Waals surface area contributed by atoms with Crippen molar-refractivity contribution in [3.8, 4) is 0 Å². The van der Waals surface area contributed by atoms with Gasteiger partial charge in [0.05, 0.1) is 12.5 Å². The molecule has 1 saturated heterocycles. The lowest BCUT2D eigenvalue weighted by Crippen LogP contribution is -2.09. The van der Waals surface area contributed by atoms with Crippen molar-refractivity contribution in [2.24, 2.45) is 0 Å². The summed E-state index contributed by atoms with van der Waals surface area (Å²) in [5.41, 5.74) is 5.71. The molecule has 0 aromatic carbocycles. The molecule has 60 valence electrons. The smallest absolute Gasteiger partial charge is 0.123 e. The predicted molar refractivity (Wildman–Crippen MR) is 47.6 cm³/mol. The van der Waals surface area contributed by atoms with E-state index in [2.05, 4.69) is 9.55 Å². The van der Waals surface area contributed by atoms with Gasteiger partial charge in [-0.15, -0.1) is 0 Å². The highest BCUT2D eigenvalue weighted by atomic mass is 32.2. The summed E-state index contributed by atoms with van der Waals surface area (Å²) >= 11 is 1.98. The van der Waals surface area contributed by atoms with Gasteiger partial charge in [0.15, 0.2) is 0 Å². The van der Waals surface area contributed by atoms with Crippen molar-refractivity contribution in [2.75, 3.05) is 17.2 Å². The van der Waals surface area contributed by atoms with E-state index in [1.165, 1.54) is 17.9 Å². The number of nitrogens with two attached hydrogens (primary N) is 1. The van der Waals surface area contributed by atoms with Crippen LogP contribution in [0.3, 0.4) is 0 Å². The Morgan fingerprint density at radius 2 is 2.64 bits per heavy atom. The minimum Gasteiger partial charge on any atom is -0.384 e. The third kappa shape index (κ3) is 1.22. The van der Waals surface area contributed by atoms with Crippen molar-refractivity contribution in [3.63, 3.8) is 0 Å². The van der Waals surface area contributed by atoms with E-state index in [0.29, 0.717) is 6.04 Å². The Labute approximate surface area is 70.0 Å². The molecule has 0 amide bonds. The summed E-state index contributed by atoms with van der Waals surface area (Å²) in [6.07, 6.45) is 4.76. The first kappa shape index (κ1) is 7.03. The summed E-state index contributed by atoms with van der Waals surface area (Å²) in [7, 11) is 0. The molecule has 2 heterocycles. The van der Waals surface area contributed by atoms with Gasteiger partial charge >= 0.3 is 0 Å². The van der Waals surface area contributed by atoms with E-state index in [-0.39, 0.29) is 0 Å². The fraction of sp³-hybridized carbons (Fsp3) is 0.571. The van der Waals surface area contributed by atoms with E-state index in [1.54, 1.807) is 6.20 Å². The average Bonchev–Trinajstić information content (AvgIpc) is 2.55. The van der Waals surface area contributed by atoms with Crippen molar-refractivity contribution in [1.82, 2.24) is 9.55 Å². The zero-order valence-corrected chi connectivity index (χ0v) is 7.05. The van der Waals surface area contributed by atoms with E-state index >= 15 is 0 Å². The first-order valence-corrected chi connectivity index (χ1v) is 4.88. The van der Waals surface area contributed by atoms with Crippen molar-refractivity contribution in [3.05, 3.63) is 12.5 Å². The van der Waals surface area contributed by atoms with Crippen molar-refractivity contribution < 1.29 is 0 Å². The molecule has 2 rings (SSSR count). The Kier molecular flexibility index (Phi) is 1.77. The molecule has 0 radical (unpaired) electrons. The summed E-state index contributed by atoms with van der Waals surface area (Å²) in [6.45, 7) is 0. The number of rotatable bonds is 1. The van der Waals surface area contributed by atoms with Gasteiger partial charge < -0.3 is 10.3 Å². The molecular weight excluding hydrogens is 158 g/mol. The second-order valence-corrected chi connectivity index (χ2v) is 3.89. The zero-order valence-electron chi connectivity index (χ0n) is 6.23. The van der Waals surface area contributed by atoms with Crippen LogP contribution in [0.5, 0.6) is 0 Å². The second kappa shape index (κ2) is 2.77. The first-order valence-electron chi connectivity index (χ1n) is 3.73. The Bertz CT molecular complexity index is 240. The quantitative estimate of drug-likeness (QED) is 0.685.